The van der Waals surface area contributed by atoms with Crippen LogP contribution in [-0.2, 0) is 0 Å². The number of hydrogen-bond donors (Lipinski definition) is 3. The molecule has 0 unspecified atom stereocenters. The molecule has 0 aliphatic heterocycles. The Balaban J connectivity index is 2.30. The summed E-state index contributed by atoms with van der Waals surface area (Å²) >= 11 is 1.17. The van der Waals surface area contributed by atoms with E-state index in [9.17, 15) is 5.11 Å². The van der Waals surface area contributed by atoms with Gasteiger partial charge in [-0.25, -0.2) is 0 Å². The van der Waals surface area contributed by atoms with E-state index in [1.807, 2.05) is 60.7 Å². The Morgan fingerprint density at radius 3 is 1.89 bits per heavy atom. The third kappa shape index (κ3) is 3.59. The summed E-state index contributed by atoms with van der Waals surface area (Å²) in [6.45, 7) is 0. The fourth-order valence-corrected chi connectivity index (χ4v) is 2.77. The van der Waals surface area contributed by atoms with Crippen LogP contribution in [0, 0.1) is 5.41 Å². The summed E-state index contributed by atoms with van der Waals surface area (Å²) < 4.78 is 0. The molecule has 0 aliphatic rings. The topological polar surface area (TPSA) is 70.1 Å². The number of benzene rings is 2. The lowest BCUT2D eigenvalue weighted by atomic mass is 10.0. The quantitative estimate of drug-likeness (QED) is 0.591. The van der Waals surface area contributed by atoms with Gasteiger partial charge < -0.3 is 10.8 Å². The molecule has 98 valence electrons. The van der Waals surface area contributed by atoms with Crippen LogP contribution in [0.4, 0.5) is 0 Å². The van der Waals surface area contributed by atoms with Crippen molar-refractivity contribution in [2.75, 3.05) is 0 Å². The smallest absolute Gasteiger partial charge is 0.151 e. The summed E-state index contributed by atoms with van der Waals surface area (Å²) in [4.78, 5) is 0. The first-order chi connectivity index (χ1) is 9.18. The molecule has 0 spiro atoms. The summed E-state index contributed by atoms with van der Waals surface area (Å²) in [5.41, 5.74) is 7.26. The first-order valence-corrected chi connectivity index (χ1v) is 6.85. The predicted molar refractivity (Wildman–Crippen MR) is 80.1 cm³/mol. The van der Waals surface area contributed by atoms with Crippen molar-refractivity contribution in [3.8, 4) is 0 Å². The number of thioether (sulfide) groups is 1. The second-order valence-corrected chi connectivity index (χ2v) is 5.35. The van der Waals surface area contributed by atoms with Gasteiger partial charge in [0.1, 0.15) is 0 Å². The maximum atomic E-state index is 10.5. The molecule has 4 N–H and O–H groups in total. The molecule has 3 nitrogen and oxygen atoms in total. The van der Waals surface area contributed by atoms with Crippen LogP contribution in [0.3, 0.4) is 0 Å². The number of rotatable bonds is 4. The maximum Gasteiger partial charge on any atom is 0.151 e. The third-order valence-electron chi connectivity index (χ3n) is 2.81. The Bertz CT molecular complexity index is 530. The van der Waals surface area contributed by atoms with Gasteiger partial charge in [-0.1, -0.05) is 72.4 Å². The molecule has 0 heterocycles. The van der Waals surface area contributed by atoms with Crippen molar-refractivity contribution >= 4 is 16.9 Å². The van der Waals surface area contributed by atoms with Crippen molar-refractivity contribution in [3.05, 3.63) is 71.8 Å². The maximum absolute atomic E-state index is 10.5. The zero-order chi connectivity index (χ0) is 13.7. The van der Waals surface area contributed by atoms with Crippen molar-refractivity contribution < 1.29 is 5.11 Å². The van der Waals surface area contributed by atoms with Crippen LogP contribution in [0.15, 0.2) is 60.7 Å². The fourth-order valence-electron chi connectivity index (χ4n) is 1.92. The molecule has 2 rings (SSSR count). The number of amidine groups is 1. The molecule has 19 heavy (non-hydrogen) atoms. The molecule has 0 fully saturated rings. The highest BCUT2D eigenvalue weighted by Crippen LogP contribution is 2.39. The first kappa shape index (κ1) is 13.6. The molecule has 2 aromatic carbocycles. The van der Waals surface area contributed by atoms with Gasteiger partial charge in [-0.15, -0.1) is 0 Å². The predicted octanol–water partition coefficient (Wildman–Crippen LogP) is 3.09. The van der Waals surface area contributed by atoms with Gasteiger partial charge in [-0.05, 0) is 11.1 Å². The molecule has 0 bridgehead atoms. The van der Waals surface area contributed by atoms with E-state index >= 15 is 0 Å². The number of hydrogen-bond acceptors (Lipinski definition) is 3. The Labute approximate surface area is 117 Å². The van der Waals surface area contributed by atoms with Crippen molar-refractivity contribution in [1.82, 2.24) is 0 Å². The SMILES string of the molecule is N=C(N)S[C@H](c1ccccc1)[C@@H](O)c1ccccc1. The summed E-state index contributed by atoms with van der Waals surface area (Å²) in [5, 5.41) is 17.7. The number of nitrogens with one attached hydrogen (secondary N) is 1. The average Bonchev–Trinajstić information content (AvgIpc) is 2.46. The Morgan fingerprint density at radius 1 is 0.947 bits per heavy atom. The molecule has 0 amide bonds. The lowest BCUT2D eigenvalue weighted by Gasteiger charge is -2.22. The standard InChI is InChI=1S/C15H16N2OS/c16-15(17)19-14(12-9-5-2-6-10-12)13(18)11-7-3-1-4-8-11/h1-10,13-14,18H,(H3,16,17)/t13-,14+/m0/s1. The van der Waals surface area contributed by atoms with E-state index in [1.54, 1.807) is 0 Å². The van der Waals surface area contributed by atoms with E-state index in [4.69, 9.17) is 11.1 Å². The number of nitrogens with two attached hydrogens (primary N) is 1. The van der Waals surface area contributed by atoms with E-state index in [2.05, 4.69) is 0 Å². The van der Waals surface area contributed by atoms with Gasteiger partial charge >= 0.3 is 0 Å². The van der Waals surface area contributed by atoms with Crippen LogP contribution >= 0.6 is 11.8 Å². The van der Waals surface area contributed by atoms with Crippen LogP contribution in [0.25, 0.3) is 0 Å². The monoisotopic (exact) mass is 272 g/mol. The minimum absolute atomic E-state index is 0.00355. The lowest BCUT2D eigenvalue weighted by molar-refractivity contribution is 0.175. The van der Waals surface area contributed by atoms with E-state index in [0.29, 0.717) is 0 Å². The Morgan fingerprint density at radius 2 is 1.42 bits per heavy atom. The van der Waals surface area contributed by atoms with Gasteiger partial charge in [-0.3, -0.25) is 5.41 Å². The zero-order valence-electron chi connectivity index (χ0n) is 10.4. The molecule has 4 heteroatoms. The van der Waals surface area contributed by atoms with Crippen LogP contribution in [0.1, 0.15) is 22.5 Å². The molecule has 0 saturated heterocycles. The minimum atomic E-state index is -0.697. The summed E-state index contributed by atoms with van der Waals surface area (Å²) in [6.07, 6.45) is -0.697. The van der Waals surface area contributed by atoms with E-state index in [-0.39, 0.29) is 10.4 Å². The normalized spacial score (nSPS) is 13.7. The Kier molecular flexibility index (Phi) is 4.60. The molecule has 0 radical (unpaired) electrons. The molecule has 2 atom stereocenters. The van der Waals surface area contributed by atoms with Gasteiger partial charge in [0, 0.05) is 0 Å². The summed E-state index contributed by atoms with van der Waals surface area (Å²) in [7, 11) is 0. The first-order valence-electron chi connectivity index (χ1n) is 5.97. The van der Waals surface area contributed by atoms with E-state index in [0.717, 1.165) is 11.1 Å². The highest BCUT2D eigenvalue weighted by molar-refractivity contribution is 8.13. The highest BCUT2D eigenvalue weighted by atomic mass is 32.2. The van der Waals surface area contributed by atoms with E-state index in [1.165, 1.54) is 11.8 Å². The van der Waals surface area contributed by atoms with Gasteiger partial charge in [0.2, 0.25) is 0 Å². The van der Waals surface area contributed by atoms with Gasteiger partial charge in [0.25, 0.3) is 0 Å². The summed E-state index contributed by atoms with van der Waals surface area (Å²) in [5.74, 6) is 0. The van der Waals surface area contributed by atoms with Gasteiger partial charge in [-0.2, -0.15) is 0 Å². The zero-order valence-corrected chi connectivity index (χ0v) is 11.2. The molecular weight excluding hydrogens is 256 g/mol. The largest absolute Gasteiger partial charge is 0.387 e. The van der Waals surface area contributed by atoms with Crippen molar-refractivity contribution in [1.29, 1.82) is 5.41 Å². The minimum Gasteiger partial charge on any atom is -0.387 e. The fraction of sp³-hybridized carbons (Fsp3) is 0.133. The van der Waals surface area contributed by atoms with Gasteiger partial charge in [0.05, 0.1) is 11.4 Å². The number of aliphatic hydroxyl groups is 1. The molecular formula is C15H16N2OS. The van der Waals surface area contributed by atoms with E-state index < -0.39 is 6.10 Å². The lowest BCUT2D eigenvalue weighted by Crippen LogP contribution is -2.14. The van der Waals surface area contributed by atoms with Crippen molar-refractivity contribution in [2.45, 2.75) is 11.4 Å². The van der Waals surface area contributed by atoms with Crippen LogP contribution in [0.5, 0.6) is 0 Å². The van der Waals surface area contributed by atoms with Gasteiger partial charge in [0.15, 0.2) is 5.17 Å². The second kappa shape index (κ2) is 6.41. The highest BCUT2D eigenvalue weighted by Gasteiger charge is 2.24. The molecule has 0 saturated carbocycles. The van der Waals surface area contributed by atoms with Crippen molar-refractivity contribution in [2.24, 2.45) is 5.73 Å². The summed E-state index contributed by atoms with van der Waals surface area (Å²) in [6, 6.07) is 19.1. The second-order valence-electron chi connectivity index (χ2n) is 4.17. The van der Waals surface area contributed by atoms with Crippen LogP contribution in [0.2, 0.25) is 0 Å². The molecule has 2 aromatic rings. The average molecular weight is 272 g/mol. The van der Waals surface area contributed by atoms with Crippen LogP contribution < -0.4 is 5.73 Å². The molecule has 0 aliphatic carbocycles. The number of aliphatic hydroxyl groups excluding tert-OH is 1. The third-order valence-corrected chi connectivity index (χ3v) is 3.85. The van der Waals surface area contributed by atoms with Crippen molar-refractivity contribution in [3.63, 3.8) is 0 Å². The van der Waals surface area contributed by atoms with Crippen LogP contribution in [-0.4, -0.2) is 10.3 Å². The Hall–Kier alpha value is -1.78. The molecule has 0 aromatic heterocycles.